The van der Waals surface area contributed by atoms with E-state index in [9.17, 15) is 28.1 Å². The van der Waals surface area contributed by atoms with Crippen LogP contribution >= 0.6 is 7.52 Å². The Kier molecular flexibility index (Phi) is 5.58. The summed E-state index contributed by atoms with van der Waals surface area (Å²) in [4.78, 5) is 10.7. The summed E-state index contributed by atoms with van der Waals surface area (Å²) < 4.78 is 48.9. The number of nitrogens with one attached hydrogen (secondary N) is 2. The molecule has 0 bridgehead atoms. The first-order valence-electron chi connectivity index (χ1n) is 10.2. The number of furan rings is 1. The van der Waals surface area contributed by atoms with Crippen LogP contribution in [0.4, 0.5) is 11.4 Å². The van der Waals surface area contributed by atoms with E-state index in [0.29, 0.717) is 5.69 Å². The van der Waals surface area contributed by atoms with Gasteiger partial charge in [-0.15, -0.1) is 0 Å². The molecule has 0 radical (unpaired) electrons. The van der Waals surface area contributed by atoms with Gasteiger partial charge in [0.15, 0.2) is 11.6 Å². The highest BCUT2D eigenvalue weighted by atomic mass is 32.2. The number of nitrogens with zero attached hydrogens (tertiary/aromatic N) is 2. The third kappa shape index (κ3) is 4.44. The molecule has 1 aliphatic rings. The standard InChI is InChI=1S/C21H25N4O7PS/c1-21(2,3)18-17(26)16(20(27)25(18)10-12-7-8-32-11-12)19-22-14-6-5-13(24-34(4,30)31)9-15(14)33(28,29)23-19/h5-9,11,24,26-27H,10H2,1-4H3,(H2,22,23,28,29). The number of amidine groups is 1. The third-order valence-electron chi connectivity index (χ3n) is 5.18. The van der Waals surface area contributed by atoms with Crippen molar-refractivity contribution in [2.75, 3.05) is 16.3 Å². The number of aromatic nitrogens is 1. The van der Waals surface area contributed by atoms with Gasteiger partial charge in [0.25, 0.3) is 0 Å². The largest absolute Gasteiger partial charge is 0.505 e. The van der Waals surface area contributed by atoms with Gasteiger partial charge in [-0.25, -0.2) is 8.42 Å². The first-order chi connectivity index (χ1) is 15.7. The highest BCUT2D eigenvalue weighted by molar-refractivity contribution is 7.92. The van der Waals surface area contributed by atoms with Crippen LogP contribution in [0.25, 0.3) is 0 Å². The van der Waals surface area contributed by atoms with Crippen molar-refractivity contribution in [1.29, 1.82) is 0 Å². The Morgan fingerprint density at radius 1 is 1.24 bits per heavy atom. The van der Waals surface area contributed by atoms with E-state index in [1.54, 1.807) is 6.07 Å². The van der Waals surface area contributed by atoms with Gasteiger partial charge in [-0.1, -0.05) is 20.8 Å². The van der Waals surface area contributed by atoms with Crippen LogP contribution in [0.2, 0.25) is 0 Å². The second kappa shape index (κ2) is 7.93. The zero-order chi connectivity index (χ0) is 25.1. The minimum absolute atomic E-state index is 0.1000. The van der Waals surface area contributed by atoms with E-state index < -0.39 is 23.0 Å². The molecule has 1 aromatic carbocycles. The summed E-state index contributed by atoms with van der Waals surface area (Å²) in [7, 11) is -7.99. The molecule has 3 heterocycles. The molecule has 5 N–H and O–H groups in total. The van der Waals surface area contributed by atoms with Gasteiger partial charge in [-0.2, -0.15) is 4.76 Å². The zero-order valence-electron chi connectivity index (χ0n) is 18.9. The predicted octanol–water partition coefficient (Wildman–Crippen LogP) is 2.89. The van der Waals surface area contributed by atoms with Crippen LogP contribution in [-0.2, 0) is 26.5 Å². The molecule has 0 amide bonds. The summed E-state index contributed by atoms with van der Waals surface area (Å²) in [5, 5.41) is 25.0. The molecule has 0 aliphatic carbocycles. The third-order valence-corrected chi connectivity index (χ3v) is 7.26. The number of anilines is 2. The SMILES string of the molecule is CC(C)(C)c1c(O)c(C2=NP(=O)(O)c3cc(NS(C)(=O)=O)ccc3N2)c(O)n1Cc1ccoc1. The molecular formula is C21H25N4O7PS. The maximum Gasteiger partial charge on any atom is 0.346 e. The van der Waals surface area contributed by atoms with Gasteiger partial charge in [0.1, 0.15) is 5.56 Å². The lowest BCUT2D eigenvalue weighted by atomic mass is 9.91. The Bertz CT molecular complexity index is 1450. The van der Waals surface area contributed by atoms with Crippen molar-refractivity contribution in [2.24, 2.45) is 4.76 Å². The zero-order valence-corrected chi connectivity index (χ0v) is 20.6. The van der Waals surface area contributed by atoms with Crippen LogP contribution in [0.1, 0.15) is 37.6 Å². The van der Waals surface area contributed by atoms with Crippen molar-refractivity contribution >= 4 is 40.1 Å². The first-order valence-corrected chi connectivity index (χ1v) is 13.7. The maximum atomic E-state index is 13.1. The molecule has 0 saturated carbocycles. The smallest absolute Gasteiger partial charge is 0.346 e. The first kappa shape index (κ1) is 23.9. The topological polar surface area (TPSA) is 166 Å². The van der Waals surface area contributed by atoms with Crippen molar-refractivity contribution in [2.45, 2.75) is 32.7 Å². The van der Waals surface area contributed by atoms with Gasteiger partial charge in [-0.3, -0.25) is 9.29 Å². The Balaban J connectivity index is 1.83. The summed E-state index contributed by atoms with van der Waals surface area (Å²) in [6.07, 6.45) is 3.97. The lowest BCUT2D eigenvalue weighted by Gasteiger charge is -2.23. The minimum atomic E-state index is -4.39. The van der Waals surface area contributed by atoms with Gasteiger partial charge in [0.2, 0.25) is 15.9 Å². The summed E-state index contributed by atoms with van der Waals surface area (Å²) in [6.45, 7) is 5.76. The number of aromatic hydroxyl groups is 2. The van der Waals surface area contributed by atoms with E-state index in [-0.39, 0.29) is 46.3 Å². The highest BCUT2D eigenvalue weighted by Gasteiger charge is 2.37. The van der Waals surface area contributed by atoms with Gasteiger partial charge in [0.05, 0.1) is 42.0 Å². The summed E-state index contributed by atoms with van der Waals surface area (Å²) >= 11 is 0. The molecule has 182 valence electrons. The van der Waals surface area contributed by atoms with E-state index in [1.165, 1.54) is 35.3 Å². The van der Waals surface area contributed by atoms with Gasteiger partial charge in [-0.05, 0) is 24.3 Å². The van der Waals surface area contributed by atoms with Crippen LogP contribution in [0.15, 0.2) is 46.0 Å². The number of hydrogen-bond acceptors (Lipinski definition) is 7. The van der Waals surface area contributed by atoms with Gasteiger partial charge in [0, 0.05) is 16.7 Å². The molecule has 0 saturated heterocycles. The monoisotopic (exact) mass is 508 g/mol. The number of rotatable bonds is 5. The lowest BCUT2D eigenvalue weighted by Crippen LogP contribution is -2.25. The molecule has 34 heavy (non-hydrogen) atoms. The van der Waals surface area contributed by atoms with E-state index in [0.717, 1.165) is 11.8 Å². The van der Waals surface area contributed by atoms with Gasteiger partial charge >= 0.3 is 7.52 Å². The van der Waals surface area contributed by atoms with Crippen LogP contribution in [0, 0.1) is 0 Å². The van der Waals surface area contributed by atoms with Crippen molar-refractivity contribution in [3.63, 3.8) is 0 Å². The lowest BCUT2D eigenvalue weighted by molar-refractivity contribution is 0.401. The van der Waals surface area contributed by atoms with Crippen LogP contribution in [0.3, 0.4) is 0 Å². The Morgan fingerprint density at radius 2 is 1.94 bits per heavy atom. The fraction of sp³-hybridized carbons (Fsp3) is 0.286. The van der Waals surface area contributed by atoms with Crippen molar-refractivity contribution < 1.29 is 32.5 Å². The number of sulfonamides is 1. The second-order valence-corrected chi connectivity index (χ2v) is 12.6. The van der Waals surface area contributed by atoms with Crippen molar-refractivity contribution in [3.05, 3.63) is 53.6 Å². The average molecular weight is 508 g/mol. The molecule has 0 spiro atoms. The van der Waals surface area contributed by atoms with E-state index >= 15 is 0 Å². The van der Waals surface area contributed by atoms with E-state index in [4.69, 9.17) is 4.42 Å². The maximum absolute atomic E-state index is 13.1. The predicted molar refractivity (Wildman–Crippen MR) is 129 cm³/mol. The molecule has 13 heteroatoms. The molecule has 1 aliphatic heterocycles. The second-order valence-electron chi connectivity index (χ2n) is 9.09. The average Bonchev–Trinajstić information content (AvgIpc) is 3.27. The summed E-state index contributed by atoms with van der Waals surface area (Å²) in [6, 6.07) is 5.77. The highest BCUT2D eigenvalue weighted by Crippen LogP contribution is 2.50. The molecule has 4 rings (SSSR count). The molecular weight excluding hydrogens is 483 g/mol. The minimum Gasteiger partial charge on any atom is -0.505 e. The summed E-state index contributed by atoms with van der Waals surface area (Å²) in [5.41, 5.74) is 0.705. The fourth-order valence-electron chi connectivity index (χ4n) is 3.90. The van der Waals surface area contributed by atoms with Crippen molar-refractivity contribution in [3.8, 4) is 11.6 Å². The van der Waals surface area contributed by atoms with E-state index in [1.807, 2.05) is 20.8 Å². The quantitative estimate of drug-likeness (QED) is 0.328. The van der Waals surface area contributed by atoms with Crippen LogP contribution < -0.4 is 15.3 Å². The molecule has 11 nitrogen and oxygen atoms in total. The van der Waals surface area contributed by atoms with Crippen LogP contribution in [0.5, 0.6) is 11.6 Å². The van der Waals surface area contributed by atoms with Crippen molar-refractivity contribution in [1.82, 2.24) is 4.57 Å². The number of fused-ring (bicyclic) bond motifs is 1. The molecule has 0 fully saturated rings. The van der Waals surface area contributed by atoms with E-state index in [2.05, 4.69) is 14.8 Å². The Hall–Kier alpha value is -3.21. The molecule has 1 atom stereocenters. The molecule has 3 aromatic rings. The summed E-state index contributed by atoms with van der Waals surface area (Å²) in [5.74, 6) is -0.805. The molecule has 1 unspecified atom stereocenters. The van der Waals surface area contributed by atoms with Crippen LogP contribution in [-0.4, -0.2) is 40.2 Å². The number of benzene rings is 1. The Labute approximate surface area is 196 Å². The number of hydrogen-bond donors (Lipinski definition) is 5. The van der Waals surface area contributed by atoms with Gasteiger partial charge < -0.3 is 29.4 Å². The normalized spacial score (nSPS) is 18.2. The molecule has 2 aromatic heterocycles. The Morgan fingerprint density at radius 3 is 2.53 bits per heavy atom. The fourth-order valence-corrected chi connectivity index (χ4v) is 5.74.